The first kappa shape index (κ1) is 17.7. The van der Waals surface area contributed by atoms with Crippen molar-refractivity contribution >= 4 is 11.5 Å². The second kappa shape index (κ2) is 8.85. The third-order valence-electron chi connectivity index (χ3n) is 3.28. The maximum atomic E-state index is 11.6. The van der Waals surface area contributed by atoms with Crippen LogP contribution in [-0.2, 0) is 11.2 Å². The molecule has 3 rings (SSSR count). The molecule has 25 heavy (non-hydrogen) atoms. The summed E-state index contributed by atoms with van der Waals surface area (Å²) in [6.07, 6.45) is 5.50. The van der Waals surface area contributed by atoms with Crippen LogP contribution in [0, 0.1) is 22.7 Å². The molecule has 0 amide bonds. The van der Waals surface area contributed by atoms with Gasteiger partial charge in [0.2, 0.25) is 0 Å². The van der Waals surface area contributed by atoms with Gasteiger partial charge in [-0.2, -0.15) is 10.5 Å². The Balaban J connectivity index is 0.000000212. The third-order valence-corrected chi connectivity index (χ3v) is 3.28. The van der Waals surface area contributed by atoms with Gasteiger partial charge in [-0.3, -0.25) is 4.98 Å². The van der Waals surface area contributed by atoms with E-state index < -0.39 is 5.97 Å². The van der Waals surface area contributed by atoms with Crippen LogP contribution in [0.5, 0.6) is 0 Å². The summed E-state index contributed by atoms with van der Waals surface area (Å²) in [7, 11) is 0. The highest BCUT2D eigenvalue weighted by molar-refractivity contribution is 5.95. The number of pyridine rings is 2. The summed E-state index contributed by atoms with van der Waals surface area (Å²) in [5.74, 6) is -0.456. The first-order valence-electron chi connectivity index (χ1n) is 7.65. The van der Waals surface area contributed by atoms with E-state index in [1.807, 2.05) is 42.5 Å². The molecular formula is C19H16N4O2. The van der Waals surface area contributed by atoms with Crippen molar-refractivity contribution in [3.05, 3.63) is 71.8 Å². The number of rotatable bonds is 3. The number of carbonyl (C=O) groups excluding carboxylic acids is 1. The van der Waals surface area contributed by atoms with Crippen molar-refractivity contribution in [1.82, 2.24) is 9.38 Å². The minimum atomic E-state index is -0.456. The largest absolute Gasteiger partial charge is 0.462 e. The predicted molar refractivity (Wildman–Crippen MR) is 91.6 cm³/mol. The van der Waals surface area contributed by atoms with Crippen LogP contribution in [-0.4, -0.2) is 22.0 Å². The number of aromatic nitrogens is 2. The molecule has 0 aliphatic rings. The van der Waals surface area contributed by atoms with E-state index >= 15 is 0 Å². The van der Waals surface area contributed by atoms with Crippen molar-refractivity contribution in [2.45, 2.75) is 13.3 Å². The topological polar surface area (TPSA) is 91.2 Å². The van der Waals surface area contributed by atoms with Crippen LogP contribution in [0.25, 0.3) is 5.52 Å². The average molecular weight is 332 g/mol. The van der Waals surface area contributed by atoms with Crippen molar-refractivity contribution in [2.24, 2.45) is 0 Å². The van der Waals surface area contributed by atoms with Crippen LogP contribution < -0.4 is 0 Å². The van der Waals surface area contributed by atoms with E-state index in [0.717, 1.165) is 5.69 Å². The van der Waals surface area contributed by atoms with Gasteiger partial charge in [0.05, 0.1) is 41.4 Å². The number of hydrogen-bond acceptors (Lipinski definition) is 5. The molecule has 124 valence electrons. The van der Waals surface area contributed by atoms with Gasteiger partial charge in [-0.1, -0.05) is 12.1 Å². The Morgan fingerprint density at radius 2 is 2.04 bits per heavy atom. The summed E-state index contributed by atoms with van der Waals surface area (Å²) >= 11 is 0. The first-order valence-corrected chi connectivity index (χ1v) is 7.65. The average Bonchev–Trinajstić information content (AvgIpc) is 3.02. The summed E-state index contributed by atoms with van der Waals surface area (Å²) in [6, 6.07) is 15.1. The molecule has 0 radical (unpaired) electrons. The Kier molecular flexibility index (Phi) is 6.27. The van der Waals surface area contributed by atoms with Crippen LogP contribution in [0.1, 0.15) is 28.5 Å². The molecule has 0 aliphatic carbocycles. The van der Waals surface area contributed by atoms with Gasteiger partial charge in [0.15, 0.2) is 0 Å². The smallest absolute Gasteiger partial charge is 0.341 e. The van der Waals surface area contributed by atoms with Crippen molar-refractivity contribution in [2.75, 3.05) is 6.61 Å². The molecule has 0 bridgehead atoms. The number of ether oxygens (including phenoxy) is 1. The van der Waals surface area contributed by atoms with Crippen LogP contribution in [0.3, 0.4) is 0 Å². The first-order chi connectivity index (χ1) is 12.2. The molecule has 0 saturated heterocycles. The molecule has 0 saturated carbocycles. The third kappa shape index (κ3) is 4.43. The van der Waals surface area contributed by atoms with Gasteiger partial charge in [0.1, 0.15) is 6.07 Å². The highest BCUT2D eigenvalue weighted by atomic mass is 16.5. The highest BCUT2D eigenvalue weighted by Gasteiger charge is 2.17. The van der Waals surface area contributed by atoms with E-state index in [0.29, 0.717) is 29.7 Å². The lowest BCUT2D eigenvalue weighted by molar-refractivity contribution is 0.0526. The van der Waals surface area contributed by atoms with Gasteiger partial charge >= 0.3 is 5.97 Å². The number of nitrogens with zero attached hydrogens (tertiary/aromatic N) is 4. The van der Waals surface area contributed by atoms with Gasteiger partial charge in [0.25, 0.3) is 0 Å². The Morgan fingerprint density at radius 3 is 2.68 bits per heavy atom. The lowest BCUT2D eigenvalue weighted by atomic mass is 10.2. The molecule has 0 aliphatic heterocycles. The van der Waals surface area contributed by atoms with E-state index in [1.165, 1.54) is 0 Å². The van der Waals surface area contributed by atoms with Gasteiger partial charge < -0.3 is 9.14 Å². The number of fused-ring (bicyclic) bond motifs is 1. The molecule has 3 aromatic rings. The van der Waals surface area contributed by atoms with E-state index in [4.69, 9.17) is 15.3 Å². The van der Waals surface area contributed by atoms with Gasteiger partial charge in [-0.05, 0) is 31.2 Å². The molecule has 0 fully saturated rings. The van der Waals surface area contributed by atoms with Crippen LogP contribution in [0.2, 0.25) is 0 Å². The maximum Gasteiger partial charge on any atom is 0.341 e. The molecular weight excluding hydrogens is 316 g/mol. The zero-order valence-electron chi connectivity index (χ0n) is 13.7. The maximum absolute atomic E-state index is 11.6. The van der Waals surface area contributed by atoms with E-state index in [1.54, 1.807) is 36.0 Å². The summed E-state index contributed by atoms with van der Waals surface area (Å²) in [6.45, 7) is 2.04. The second-order valence-electron chi connectivity index (χ2n) is 4.90. The van der Waals surface area contributed by atoms with Gasteiger partial charge in [0, 0.05) is 18.6 Å². The lowest BCUT2D eigenvalue weighted by Gasteiger charge is -1.97. The van der Waals surface area contributed by atoms with Crippen molar-refractivity contribution in [1.29, 1.82) is 10.5 Å². The van der Waals surface area contributed by atoms with E-state index in [-0.39, 0.29) is 0 Å². The monoisotopic (exact) mass is 332 g/mol. The summed E-state index contributed by atoms with van der Waals surface area (Å²) in [4.78, 5) is 15.6. The molecule has 6 heteroatoms. The Morgan fingerprint density at radius 1 is 1.24 bits per heavy atom. The van der Waals surface area contributed by atoms with Gasteiger partial charge in [-0.25, -0.2) is 4.79 Å². The molecule has 0 spiro atoms. The lowest BCUT2D eigenvalue weighted by Crippen LogP contribution is -2.04. The fourth-order valence-corrected chi connectivity index (χ4v) is 2.19. The molecule has 0 N–H and O–H groups in total. The predicted octanol–water partition coefficient (Wildman–Crippen LogP) is 3.14. The van der Waals surface area contributed by atoms with Crippen LogP contribution in [0.4, 0.5) is 0 Å². The summed E-state index contributed by atoms with van der Waals surface area (Å²) in [5, 5.41) is 17.3. The minimum Gasteiger partial charge on any atom is -0.462 e. The quantitative estimate of drug-likeness (QED) is 0.687. The zero-order chi connectivity index (χ0) is 18.1. The molecule has 3 heterocycles. The second-order valence-corrected chi connectivity index (χ2v) is 4.90. The summed E-state index contributed by atoms with van der Waals surface area (Å²) in [5.41, 5.74) is 2.22. The Bertz CT molecular complexity index is 933. The fraction of sp³-hybridized carbons (Fsp3) is 0.158. The summed E-state index contributed by atoms with van der Waals surface area (Å²) < 4.78 is 6.64. The van der Waals surface area contributed by atoms with Gasteiger partial charge in [-0.15, -0.1) is 0 Å². The van der Waals surface area contributed by atoms with Crippen molar-refractivity contribution < 1.29 is 9.53 Å². The molecule has 6 nitrogen and oxygen atoms in total. The number of esters is 1. The SMILES string of the molecule is CCOC(=O)c1cn2ccccc2c1C#N.N#CCc1ccccn1. The fourth-order valence-electron chi connectivity index (χ4n) is 2.19. The standard InChI is InChI=1S/C12H10N2O2.C7H6N2/c1-2-16-12(15)10-8-14-6-4-3-5-11(14)9(10)7-13;8-5-4-7-3-1-2-6-9-7/h3-6,8H,2H2,1H3;1-3,6H,4H2. The molecule has 0 unspecified atom stereocenters. The minimum absolute atomic E-state index is 0.301. The number of nitriles is 2. The molecule has 3 aromatic heterocycles. The van der Waals surface area contributed by atoms with Crippen molar-refractivity contribution in [3.8, 4) is 12.1 Å². The molecule has 0 aromatic carbocycles. The Labute approximate surface area is 145 Å². The van der Waals surface area contributed by atoms with Crippen molar-refractivity contribution in [3.63, 3.8) is 0 Å². The molecule has 0 atom stereocenters. The van der Waals surface area contributed by atoms with Crippen LogP contribution >= 0.6 is 0 Å². The highest BCUT2D eigenvalue weighted by Crippen LogP contribution is 2.18. The van der Waals surface area contributed by atoms with E-state index in [9.17, 15) is 4.79 Å². The zero-order valence-corrected chi connectivity index (χ0v) is 13.7. The number of hydrogen-bond donors (Lipinski definition) is 0. The normalized spacial score (nSPS) is 9.40. The Hall–Kier alpha value is -3.64. The van der Waals surface area contributed by atoms with Crippen LogP contribution in [0.15, 0.2) is 55.0 Å². The van der Waals surface area contributed by atoms with E-state index in [2.05, 4.69) is 4.98 Å². The number of carbonyl (C=O) groups is 1.